The molecule has 1 aliphatic rings. The Hall–Kier alpha value is -0.710. The zero-order valence-corrected chi connectivity index (χ0v) is 12.8. The Balaban J connectivity index is 0.00000180. The summed E-state index contributed by atoms with van der Waals surface area (Å²) in [4.78, 5) is 15.2. The van der Waals surface area contributed by atoms with Crippen molar-refractivity contribution in [3.05, 3.63) is 30.3 Å². The van der Waals surface area contributed by atoms with Crippen molar-refractivity contribution in [1.82, 2.24) is 4.90 Å². The van der Waals surface area contributed by atoms with E-state index in [1.807, 2.05) is 35.2 Å². The second kappa shape index (κ2) is 7.78. The zero-order valence-electron chi connectivity index (χ0n) is 11.1. The van der Waals surface area contributed by atoms with Crippen LogP contribution in [0.5, 0.6) is 0 Å². The second-order valence-corrected chi connectivity index (χ2v) is 5.92. The largest absolute Gasteiger partial charge is 0.342 e. The molecule has 0 spiro atoms. The smallest absolute Gasteiger partial charge is 0.232 e. The molecule has 2 unspecified atom stereocenters. The number of likely N-dealkylation sites (tertiary alicyclic amines) is 1. The van der Waals surface area contributed by atoms with Crippen LogP contribution in [0, 0.1) is 5.92 Å². The third kappa shape index (κ3) is 4.71. The van der Waals surface area contributed by atoms with Crippen molar-refractivity contribution in [1.29, 1.82) is 0 Å². The van der Waals surface area contributed by atoms with E-state index in [-0.39, 0.29) is 24.4 Å². The second-order valence-electron chi connectivity index (χ2n) is 4.87. The van der Waals surface area contributed by atoms with Crippen molar-refractivity contribution >= 4 is 30.1 Å². The summed E-state index contributed by atoms with van der Waals surface area (Å²) in [7, 11) is 0. The lowest BCUT2D eigenvalue weighted by Gasteiger charge is -2.35. The van der Waals surface area contributed by atoms with Gasteiger partial charge in [0.05, 0.1) is 5.75 Å². The lowest BCUT2D eigenvalue weighted by atomic mass is 9.95. The molecule has 0 bridgehead atoms. The highest BCUT2D eigenvalue weighted by molar-refractivity contribution is 8.00. The van der Waals surface area contributed by atoms with E-state index in [1.54, 1.807) is 11.8 Å². The Kier molecular flexibility index (Phi) is 6.69. The number of thioether (sulfide) groups is 1. The highest BCUT2D eigenvalue weighted by atomic mass is 35.5. The van der Waals surface area contributed by atoms with Crippen LogP contribution >= 0.6 is 24.2 Å². The van der Waals surface area contributed by atoms with Gasteiger partial charge in [-0.3, -0.25) is 4.79 Å². The minimum absolute atomic E-state index is 0. The summed E-state index contributed by atoms with van der Waals surface area (Å²) >= 11 is 1.60. The maximum absolute atomic E-state index is 12.1. The Morgan fingerprint density at radius 1 is 1.42 bits per heavy atom. The van der Waals surface area contributed by atoms with Gasteiger partial charge in [-0.1, -0.05) is 25.1 Å². The molecule has 1 amide bonds. The zero-order chi connectivity index (χ0) is 13.0. The number of rotatable bonds is 3. The molecule has 2 rings (SSSR count). The molecule has 1 fully saturated rings. The van der Waals surface area contributed by atoms with E-state index < -0.39 is 0 Å². The minimum Gasteiger partial charge on any atom is -0.342 e. The molecule has 1 aromatic carbocycles. The molecule has 2 N–H and O–H groups in total. The van der Waals surface area contributed by atoms with Gasteiger partial charge in [0.25, 0.3) is 0 Å². The summed E-state index contributed by atoms with van der Waals surface area (Å²) in [6.45, 7) is 3.73. The van der Waals surface area contributed by atoms with E-state index in [4.69, 9.17) is 5.73 Å². The molecule has 2 atom stereocenters. The van der Waals surface area contributed by atoms with Crippen LogP contribution in [0.1, 0.15) is 13.3 Å². The van der Waals surface area contributed by atoms with E-state index in [0.717, 1.165) is 24.4 Å². The number of carbonyl (C=O) groups is 1. The number of piperidine rings is 1. The van der Waals surface area contributed by atoms with Gasteiger partial charge in [0.15, 0.2) is 0 Å². The highest BCUT2D eigenvalue weighted by Crippen LogP contribution is 2.20. The third-order valence-corrected chi connectivity index (χ3v) is 4.43. The molecular formula is C14H21ClN2OS. The molecule has 0 saturated carbocycles. The molecule has 1 heterocycles. The van der Waals surface area contributed by atoms with E-state index >= 15 is 0 Å². The number of nitrogens with two attached hydrogens (primary N) is 1. The van der Waals surface area contributed by atoms with Crippen molar-refractivity contribution in [3.8, 4) is 0 Å². The summed E-state index contributed by atoms with van der Waals surface area (Å²) in [6.07, 6.45) is 0.920. The number of carbonyl (C=O) groups excluding carboxylic acids is 1. The molecule has 1 aromatic rings. The van der Waals surface area contributed by atoms with Crippen molar-refractivity contribution in [3.63, 3.8) is 0 Å². The highest BCUT2D eigenvalue weighted by Gasteiger charge is 2.25. The Morgan fingerprint density at radius 3 is 2.74 bits per heavy atom. The fourth-order valence-electron chi connectivity index (χ4n) is 2.14. The minimum atomic E-state index is 0. The molecule has 1 saturated heterocycles. The van der Waals surface area contributed by atoms with Crippen LogP contribution < -0.4 is 5.73 Å². The maximum atomic E-state index is 12.1. The summed E-state index contributed by atoms with van der Waals surface area (Å²) in [5.41, 5.74) is 5.96. The summed E-state index contributed by atoms with van der Waals surface area (Å²) < 4.78 is 0. The fraction of sp³-hybridized carbons (Fsp3) is 0.500. The predicted molar refractivity (Wildman–Crippen MR) is 82.8 cm³/mol. The Bertz CT molecular complexity index is 402. The van der Waals surface area contributed by atoms with Gasteiger partial charge < -0.3 is 10.6 Å². The summed E-state index contributed by atoms with van der Waals surface area (Å²) in [6, 6.07) is 10.3. The van der Waals surface area contributed by atoms with Crippen LogP contribution in [0.4, 0.5) is 0 Å². The number of halogens is 1. The molecule has 1 aliphatic heterocycles. The van der Waals surface area contributed by atoms with Gasteiger partial charge in [0.2, 0.25) is 5.91 Å². The Labute approximate surface area is 125 Å². The fourth-order valence-corrected chi connectivity index (χ4v) is 2.97. The first-order chi connectivity index (χ1) is 8.66. The first-order valence-corrected chi connectivity index (χ1v) is 7.36. The molecule has 0 aromatic heterocycles. The average Bonchev–Trinajstić information content (AvgIpc) is 2.40. The quantitative estimate of drug-likeness (QED) is 0.872. The van der Waals surface area contributed by atoms with Gasteiger partial charge in [-0.25, -0.2) is 0 Å². The molecule has 106 valence electrons. The number of amides is 1. The molecule has 3 nitrogen and oxygen atoms in total. The first kappa shape index (κ1) is 16.3. The first-order valence-electron chi connectivity index (χ1n) is 6.38. The van der Waals surface area contributed by atoms with Gasteiger partial charge in [0, 0.05) is 24.0 Å². The normalized spacial score (nSPS) is 22.7. The molecule has 0 aliphatic carbocycles. The van der Waals surface area contributed by atoms with Gasteiger partial charge in [-0.2, -0.15) is 0 Å². The van der Waals surface area contributed by atoms with Crippen molar-refractivity contribution in [2.75, 3.05) is 18.8 Å². The molecule has 5 heteroatoms. The van der Waals surface area contributed by atoms with E-state index in [1.165, 1.54) is 0 Å². The van der Waals surface area contributed by atoms with Crippen LogP contribution in [0.3, 0.4) is 0 Å². The van der Waals surface area contributed by atoms with Crippen molar-refractivity contribution in [2.24, 2.45) is 11.7 Å². The lowest BCUT2D eigenvalue weighted by Crippen LogP contribution is -2.48. The van der Waals surface area contributed by atoms with Crippen LogP contribution in [0.15, 0.2) is 35.2 Å². The van der Waals surface area contributed by atoms with E-state index in [0.29, 0.717) is 11.7 Å². The number of nitrogens with zero attached hydrogens (tertiary/aromatic N) is 1. The van der Waals surface area contributed by atoms with Crippen molar-refractivity contribution < 1.29 is 4.79 Å². The van der Waals surface area contributed by atoms with Crippen LogP contribution in [-0.2, 0) is 4.79 Å². The summed E-state index contributed by atoms with van der Waals surface area (Å²) in [5, 5.41) is 0. The number of benzene rings is 1. The van der Waals surface area contributed by atoms with Gasteiger partial charge in [-0.15, -0.1) is 24.2 Å². The molecule has 0 radical (unpaired) electrons. The SMILES string of the molecule is CC1CN(C(=O)CSc2ccccc2)CCC1N.Cl. The topological polar surface area (TPSA) is 46.3 Å². The van der Waals surface area contributed by atoms with Gasteiger partial charge in [0.1, 0.15) is 0 Å². The summed E-state index contributed by atoms with van der Waals surface area (Å²) in [5.74, 6) is 1.15. The number of hydrogen-bond acceptors (Lipinski definition) is 3. The lowest BCUT2D eigenvalue weighted by molar-refractivity contribution is -0.130. The monoisotopic (exact) mass is 300 g/mol. The van der Waals surface area contributed by atoms with Crippen LogP contribution in [0.2, 0.25) is 0 Å². The van der Waals surface area contributed by atoms with Gasteiger partial charge in [-0.05, 0) is 24.5 Å². The average molecular weight is 301 g/mol. The predicted octanol–water partition coefficient (Wildman–Crippen LogP) is 2.40. The number of hydrogen-bond donors (Lipinski definition) is 1. The van der Waals surface area contributed by atoms with Crippen LogP contribution in [0.25, 0.3) is 0 Å². The van der Waals surface area contributed by atoms with Crippen molar-refractivity contribution in [2.45, 2.75) is 24.3 Å². The Morgan fingerprint density at radius 2 is 2.11 bits per heavy atom. The standard InChI is InChI=1S/C14H20N2OS.ClH/c1-11-9-16(8-7-13(11)15)14(17)10-18-12-5-3-2-4-6-12;/h2-6,11,13H,7-10,15H2,1H3;1H. The third-order valence-electron chi connectivity index (χ3n) is 3.43. The van der Waals surface area contributed by atoms with Gasteiger partial charge >= 0.3 is 0 Å². The molecule has 19 heavy (non-hydrogen) atoms. The van der Waals surface area contributed by atoms with E-state index in [2.05, 4.69) is 6.92 Å². The molecular weight excluding hydrogens is 280 g/mol. The van der Waals surface area contributed by atoms with E-state index in [9.17, 15) is 4.79 Å². The van der Waals surface area contributed by atoms with Crippen LogP contribution in [-0.4, -0.2) is 35.7 Å². The maximum Gasteiger partial charge on any atom is 0.232 e.